The van der Waals surface area contributed by atoms with Crippen molar-refractivity contribution in [2.45, 2.75) is 33.2 Å². The van der Waals surface area contributed by atoms with Gasteiger partial charge < -0.3 is 10.6 Å². The number of aryl methyl sites for hydroxylation is 1. The van der Waals surface area contributed by atoms with Crippen molar-refractivity contribution in [3.63, 3.8) is 0 Å². The van der Waals surface area contributed by atoms with Crippen molar-refractivity contribution in [1.29, 1.82) is 0 Å². The number of carbonyl (C=O) groups is 2. The minimum Gasteiger partial charge on any atom is -0.356 e. The molecule has 30 heavy (non-hydrogen) atoms. The molecule has 3 aromatic rings. The van der Waals surface area contributed by atoms with Crippen LogP contribution in [0.15, 0.2) is 47.3 Å². The summed E-state index contributed by atoms with van der Waals surface area (Å²) in [5.41, 5.74) is 2.37. The zero-order valence-electron chi connectivity index (χ0n) is 16.9. The number of anilines is 1. The van der Waals surface area contributed by atoms with Crippen molar-refractivity contribution in [2.24, 2.45) is 0 Å². The molecular formula is C22H23ClN4O3. The summed E-state index contributed by atoms with van der Waals surface area (Å²) >= 11 is 6.12. The second-order valence-corrected chi connectivity index (χ2v) is 7.26. The fourth-order valence-corrected chi connectivity index (χ4v) is 3.33. The van der Waals surface area contributed by atoms with Gasteiger partial charge in [0.1, 0.15) is 12.2 Å². The first kappa shape index (κ1) is 21.5. The summed E-state index contributed by atoms with van der Waals surface area (Å²) in [6.45, 7) is 3.99. The number of rotatable bonds is 7. The third kappa shape index (κ3) is 4.86. The highest BCUT2D eigenvalue weighted by molar-refractivity contribution is 6.31. The van der Waals surface area contributed by atoms with Gasteiger partial charge in [0.05, 0.1) is 11.0 Å². The van der Waals surface area contributed by atoms with Crippen molar-refractivity contribution >= 4 is 40.1 Å². The molecule has 0 unspecified atom stereocenters. The summed E-state index contributed by atoms with van der Waals surface area (Å²) < 4.78 is 1.39. The number of benzene rings is 2. The Labute approximate surface area is 179 Å². The summed E-state index contributed by atoms with van der Waals surface area (Å²) in [6.07, 6.45) is 0.354. The molecule has 0 aliphatic heterocycles. The number of aromatic nitrogens is 2. The lowest BCUT2D eigenvalue weighted by Crippen LogP contribution is -2.32. The van der Waals surface area contributed by atoms with Crippen LogP contribution in [0.1, 0.15) is 24.6 Å². The molecule has 0 radical (unpaired) electrons. The largest absolute Gasteiger partial charge is 0.356 e. The molecule has 0 aliphatic rings. The van der Waals surface area contributed by atoms with E-state index in [0.717, 1.165) is 5.56 Å². The Morgan fingerprint density at radius 1 is 1.10 bits per heavy atom. The van der Waals surface area contributed by atoms with Crippen LogP contribution in [0.2, 0.25) is 5.02 Å². The number of fused-ring (bicyclic) bond motifs is 1. The average Bonchev–Trinajstić information content (AvgIpc) is 2.72. The van der Waals surface area contributed by atoms with E-state index in [4.69, 9.17) is 11.6 Å². The number of para-hydroxylation sites is 2. The van der Waals surface area contributed by atoms with Crippen LogP contribution in [0.25, 0.3) is 11.0 Å². The summed E-state index contributed by atoms with van der Waals surface area (Å²) in [5.74, 6) is -0.499. The molecule has 0 fully saturated rings. The maximum atomic E-state index is 13.0. The molecule has 7 nitrogen and oxygen atoms in total. The number of hydrogen-bond acceptors (Lipinski definition) is 4. The summed E-state index contributed by atoms with van der Waals surface area (Å²) in [5, 5.41) is 6.06. The number of hydrogen-bond donors (Lipinski definition) is 2. The van der Waals surface area contributed by atoms with Crippen LogP contribution in [-0.2, 0) is 22.6 Å². The quantitative estimate of drug-likeness (QED) is 0.607. The Morgan fingerprint density at radius 3 is 2.63 bits per heavy atom. The third-order valence-electron chi connectivity index (χ3n) is 4.73. The van der Waals surface area contributed by atoms with Crippen LogP contribution in [-0.4, -0.2) is 27.9 Å². The smallest absolute Gasteiger partial charge is 0.273 e. The summed E-state index contributed by atoms with van der Waals surface area (Å²) in [7, 11) is 0. The van der Waals surface area contributed by atoms with E-state index < -0.39 is 0 Å². The van der Waals surface area contributed by atoms with Crippen molar-refractivity contribution in [2.75, 3.05) is 11.9 Å². The zero-order valence-corrected chi connectivity index (χ0v) is 17.6. The second kappa shape index (κ2) is 9.54. The van der Waals surface area contributed by atoms with Crippen molar-refractivity contribution in [3.05, 3.63) is 69.1 Å². The van der Waals surface area contributed by atoms with Gasteiger partial charge in [0.25, 0.3) is 5.56 Å². The van der Waals surface area contributed by atoms with Crippen molar-refractivity contribution < 1.29 is 9.59 Å². The summed E-state index contributed by atoms with van der Waals surface area (Å²) in [4.78, 5) is 42.0. The minimum absolute atomic E-state index is 0.146. The van der Waals surface area contributed by atoms with E-state index >= 15 is 0 Å². The molecule has 2 aromatic carbocycles. The van der Waals surface area contributed by atoms with Crippen LogP contribution >= 0.6 is 11.6 Å². The van der Waals surface area contributed by atoms with Crippen LogP contribution < -0.4 is 16.2 Å². The number of nitrogens with zero attached hydrogens (tertiary/aromatic N) is 2. The van der Waals surface area contributed by atoms with Gasteiger partial charge in [-0.2, -0.15) is 0 Å². The van der Waals surface area contributed by atoms with Gasteiger partial charge >= 0.3 is 0 Å². The van der Waals surface area contributed by atoms with Crippen LogP contribution in [0.3, 0.4) is 0 Å². The molecule has 1 aromatic heterocycles. The average molecular weight is 427 g/mol. The Hall–Kier alpha value is -3.19. The first-order valence-corrected chi connectivity index (χ1v) is 10.1. The molecule has 0 aliphatic carbocycles. The Kier molecular flexibility index (Phi) is 6.84. The van der Waals surface area contributed by atoms with Gasteiger partial charge in [-0.15, -0.1) is 0 Å². The zero-order chi connectivity index (χ0) is 21.7. The molecular weight excluding hydrogens is 404 g/mol. The standard InChI is InChI=1S/C22H23ClN4O3/c1-3-24-20(28)12-11-18-22(30)27(19-10-5-4-8-17(19)25-18)13-21(29)26-16-9-6-7-15(23)14(16)2/h4-10H,3,11-13H2,1-2H3,(H,24,28)(H,26,29). The fourth-order valence-electron chi connectivity index (χ4n) is 3.16. The van der Waals surface area contributed by atoms with Gasteiger partial charge in [-0.3, -0.25) is 19.0 Å². The summed E-state index contributed by atoms with van der Waals surface area (Å²) in [6, 6.07) is 12.4. The van der Waals surface area contributed by atoms with E-state index in [-0.39, 0.29) is 42.5 Å². The molecule has 0 saturated carbocycles. The van der Waals surface area contributed by atoms with Crippen LogP contribution in [0, 0.1) is 6.92 Å². The van der Waals surface area contributed by atoms with Crippen LogP contribution in [0.4, 0.5) is 5.69 Å². The van der Waals surface area contributed by atoms with Gasteiger partial charge in [0.2, 0.25) is 11.8 Å². The topological polar surface area (TPSA) is 93.1 Å². The molecule has 3 rings (SSSR count). The molecule has 0 atom stereocenters. The Bertz CT molecular complexity index is 1160. The lowest BCUT2D eigenvalue weighted by Gasteiger charge is -2.14. The van der Waals surface area contributed by atoms with E-state index in [9.17, 15) is 14.4 Å². The number of amides is 2. The first-order chi connectivity index (χ1) is 14.4. The molecule has 156 valence electrons. The molecule has 0 saturated heterocycles. The molecule has 0 spiro atoms. The molecule has 1 heterocycles. The van der Waals surface area contributed by atoms with Crippen molar-refractivity contribution in [1.82, 2.24) is 14.9 Å². The molecule has 0 bridgehead atoms. The van der Waals surface area contributed by atoms with Gasteiger partial charge in [0, 0.05) is 30.1 Å². The highest BCUT2D eigenvalue weighted by atomic mass is 35.5. The van der Waals surface area contributed by atoms with E-state index in [2.05, 4.69) is 15.6 Å². The van der Waals surface area contributed by atoms with Gasteiger partial charge in [-0.05, 0) is 43.7 Å². The van der Waals surface area contributed by atoms with E-state index in [1.165, 1.54) is 4.57 Å². The number of nitrogens with one attached hydrogen (secondary N) is 2. The third-order valence-corrected chi connectivity index (χ3v) is 5.14. The van der Waals surface area contributed by atoms with E-state index in [1.54, 1.807) is 36.4 Å². The number of carbonyl (C=O) groups excluding carboxylic acids is 2. The highest BCUT2D eigenvalue weighted by Gasteiger charge is 2.15. The second-order valence-electron chi connectivity index (χ2n) is 6.85. The Morgan fingerprint density at radius 2 is 1.87 bits per heavy atom. The predicted molar refractivity (Wildman–Crippen MR) is 118 cm³/mol. The lowest BCUT2D eigenvalue weighted by molar-refractivity contribution is -0.121. The maximum absolute atomic E-state index is 13.0. The normalized spacial score (nSPS) is 10.8. The van der Waals surface area contributed by atoms with Crippen LogP contribution in [0.5, 0.6) is 0 Å². The Balaban J connectivity index is 1.90. The molecule has 2 amide bonds. The minimum atomic E-state index is -0.379. The SMILES string of the molecule is CCNC(=O)CCc1nc2ccccc2n(CC(=O)Nc2cccc(Cl)c2C)c1=O. The van der Waals surface area contributed by atoms with E-state index in [0.29, 0.717) is 28.3 Å². The first-order valence-electron chi connectivity index (χ1n) is 9.70. The van der Waals surface area contributed by atoms with E-state index in [1.807, 2.05) is 19.9 Å². The van der Waals surface area contributed by atoms with Gasteiger partial charge in [0.15, 0.2) is 0 Å². The van der Waals surface area contributed by atoms with Gasteiger partial charge in [-0.25, -0.2) is 4.98 Å². The van der Waals surface area contributed by atoms with Gasteiger partial charge in [-0.1, -0.05) is 29.8 Å². The lowest BCUT2D eigenvalue weighted by atomic mass is 10.2. The van der Waals surface area contributed by atoms with Crippen molar-refractivity contribution in [3.8, 4) is 0 Å². The number of halogens is 1. The molecule has 8 heteroatoms. The highest BCUT2D eigenvalue weighted by Crippen LogP contribution is 2.23. The monoisotopic (exact) mass is 426 g/mol. The predicted octanol–water partition coefficient (Wildman–Crippen LogP) is 3.07. The fraction of sp³-hybridized carbons (Fsp3) is 0.273. The molecule has 2 N–H and O–H groups in total. The maximum Gasteiger partial charge on any atom is 0.273 e.